The second-order valence-electron chi connectivity index (χ2n) is 7.56. The molecule has 4 nitrogen and oxygen atoms in total. The first-order valence-electron chi connectivity index (χ1n) is 7.44. The topological polar surface area (TPSA) is 55.2 Å². The first-order chi connectivity index (χ1) is 10.1. The molecule has 1 aromatic heterocycles. The van der Waals surface area contributed by atoms with Crippen molar-refractivity contribution in [3.05, 3.63) is 41.6 Å². The van der Waals surface area contributed by atoms with Crippen molar-refractivity contribution in [2.75, 3.05) is 0 Å². The number of nitrogens with zero attached hydrogens (tertiary/aromatic N) is 3. The molecule has 0 spiro atoms. The predicted molar refractivity (Wildman–Crippen MR) is 89.2 cm³/mol. The summed E-state index contributed by atoms with van der Waals surface area (Å²) in [6.07, 6.45) is 5.35. The highest BCUT2D eigenvalue weighted by atomic mass is 16.1. The molecule has 2 rings (SSSR count). The maximum Gasteiger partial charge on any atom is 0.186 e. The van der Waals surface area contributed by atoms with E-state index in [9.17, 15) is 4.79 Å². The average molecular weight is 297 g/mol. The lowest BCUT2D eigenvalue weighted by atomic mass is 9.72. The van der Waals surface area contributed by atoms with Gasteiger partial charge in [0.1, 0.15) is 0 Å². The molecule has 0 atom stereocenters. The van der Waals surface area contributed by atoms with Crippen LogP contribution in [0.1, 0.15) is 41.5 Å². The Bertz CT molecular complexity index is 633. The third kappa shape index (κ3) is 3.56. The van der Waals surface area contributed by atoms with E-state index in [-0.39, 0.29) is 16.6 Å². The first kappa shape index (κ1) is 16.3. The van der Waals surface area contributed by atoms with Gasteiger partial charge < -0.3 is 0 Å². The Morgan fingerprint density at radius 2 is 1.50 bits per heavy atom. The molecule has 0 unspecified atom stereocenters. The van der Waals surface area contributed by atoms with Gasteiger partial charge in [0.05, 0.1) is 5.71 Å². The van der Waals surface area contributed by atoms with Crippen molar-refractivity contribution in [2.24, 2.45) is 15.8 Å². The predicted octanol–water partition coefficient (Wildman–Crippen LogP) is 4.08. The number of Topliss-reactive ketones (excluding diaryl/α,β-unsaturated/α-hetero) is 1. The minimum absolute atomic E-state index is 0.109. The molecule has 22 heavy (non-hydrogen) atoms. The van der Waals surface area contributed by atoms with Gasteiger partial charge in [-0.2, -0.15) is 5.10 Å². The van der Waals surface area contributed by atoms with Crippen LogP contribution in [0.3, 0.4) is 0 Å². The molecule has 0 fully saturated rings. The van der Waals surface area contributed by atoms with Gasteiger partial charge in [-0.25, -0.2) is 4.99 Å². The van der Waals surface area contributed by atoms with E-state index < -0.39 is 0 Å². The molecular weight excluding hydrogens is 274 g/mol. The Hall–Kier alpha value is -2.10. The van der Waals surface area contributed by atoms with Crippen molar-refractivity contribution in [3.63, 3.8) is 0 Å². The van der Waals surface area contributed by atoms with Crippen molar-refractivity contribution in [3.8, 4) is 0 Å². The highest BCUT2D eigenvalue weighted by Crippen LogP contribution is 2.37. The van der Waals surface area contributed by atoms with Crippen molar-refractivity contribution in [1.29, 1.82) is 0 Å². The molecule has 0 N–H and O–H groups in total. The van der Waals surface area contributed by atoms with Gasteiger partial charge >= 0.3 is 0 Å². The Morgan fingerprint density at radius 3 is 1.91 bits per heavy atom. The van der Waals surface area contributed by atoms with Crippen LogP contribution in [0.5, 0.6) is 0 Å². The summed E-state index contributed by atoms with van der Waals surface area (Å²) in [6, 6.07) is 3.59. The molecule has 0 amide bonds. The van der Waals surface area contributed by atoms with Gasteiger partial charge in [-0.15, -0.1) is 5.10 Å². The molecule has 0 aromatic carbocycles. The maximum atomic E-state index is 12.8. The van der Waals surface area contributed by atoms with Crippen molar-refractivity contribution < 1.29 is 4.79 Å². The second kappa shape index (κ2) is 5.59. The van der Waals surface area contributed by atoms with E-state index in [4.69, 9.17) is 0 Å². The Balaban J connectivity index is 2.56. The lowest BCUT2D eigenvalue weighted by Crippen LogP contribution is -2.29. The normalized spacial score (nSPS) is 16.3. The third-order valence-electron chi connectivity index (χ3n) is 3.49. The van der Waals surface area contributed by atoms with E-state index in [2.05, 4.69) is 15.2 Å². The summed E-state index contributed by atoms with van der Waals surface area (Å²) in [6.45, 7) is 12.3. The lowest BCUT2D eigenvalue weighted by Gasteiger charge is -2.30. The second-order valence-corrected chi connectivity index (χ2v) is 7.56. The quantitative estimate of drug-likeness (QED) is 0.734. The summed E-state index contributed by atoms with van der Waals surface area (Å²) in [5, 5.41) is 7.82. The Labute approximate surface area is 132 Å². The zero-order valence-corrected chi connectivity index (χ0v) is 14.1. The number of carbonyl (C=O) groups excluding carboxylic acids is 1. The monoisotopic (exact) mass is 297 g/mol. The van der Waals surface area contributed by atoms with Gasteiger partial charge in [0.25, 0.3) is 0 Å². The van der Waals surface area contributed by atoms with E-state index in [0.29, 0.717) is 5.82 Å². The lowest BCUT2D eigenvalue weighted by molar-refractivity contribution is -0.114. The van der Waals surface area contributed by atoms with Crippen molar-refractivity contribution >= 4 is 17.3 Å². The number of ketones is 1. The third-order valence-corrected chi connectivity index (χ3v) is 3.49. The van der Waals surface area contributed by atoms with Gasteiger partial charge in [0.2, 0.25) is 0 Å². The standard InChI is InChI=1S/C18H23N3O/c1-17(2,3)13-10-12(20-15-8-7-9-19-21-15)11-14(16(13)22)18(4,5)6/h7-11H,1-6H3. The van der Waals surface area contributed by atoms with Crippen LogP contribution in [0.4, 0.5) is 5.82 Å². The van der Waals surface area contributed by atoms with Crippen LogP contribution in [-0.2, 0) is 4.79 Å². The fraction of sp³-hybridized carbons (Fsp3) is 0.444. The van der Waals surface area contributed by atoms with Crippen LogP contribution in [0.15, 0.2) is 46.6 Å². The maximum absolute atomic E-state index is 12.8. The SMILES string of the molecule is CC(C)(C)C1=CC(=Nc2cccnn2)C=C(C(C)(C)C)C1=O. The van der Waals surface area contributed by atoms with Crippen molar-refractivity contribution in [2.45, 2.75) is 41.5 Å². The minimum Gasteiger partial charge on any atom is -0.289 e. The van der Waals surface area contributed by atoms with E-state index in [0.717, 1.165) is 16.9 Å². The number of rotatable bonds is 1. The summed E-state index contributed by atoms with van der Waals surface area (Å²) < 4.78 is 0. The molecule has 4 heteroatoms. The van der Waals surface area contributed by atoms with Crippen LogP contribution in [0, 0.1) is 10.8 Å². The van der Waals surface area contributed by atoms with Crippen LogP contribution in [0.25, 0.3) is 0 Å². The van der Waals surface area contributed by atoms with E-state index in [1.807, 2.05) is 53.7 Å². The number of allylic oxidation sites excluding steroid dienone is 4. The summed E-state index contributed by atoms with van der Waals surface area (Å²) in [4.78, 5) is 17.3. The zero-order chi connectivity index (χ0) is 16.5. The summed E-state index contributed by atoms with van der Waals surface area (Å²) in [5.74, 6) is 0.652. The molecule has 0 aliphatic heterocycles. The largest absolute Gasteiger partial charge is 0.289 e. The molecule has 0 saturated heterocycles. The minimum atomic E-state index is -0.231. The Morgan fingerprint density at radius 1 is 0.955 bits per heavy atom. The zero-order valence-electron chi connectivity index (χ0n) is 14.1. The molecule has 1 aliphatic rings. The molecule has 0 saturated carbocycles. The number of aromatic nitrogens is 2. The molecule has 1 heterocycles. The number of carbonyl (C=O) groups is 1. The highest BCUT2D eigenvalue weighted by Gasteiger charge is 2.34. The molecule has 1 aromatic rings. The number of aliphatic imine (C=N–C) groups is 1. The average Bonchev–Trinajstić information content (AvgIpc) is 2.39. The van der Waals surface area contributed by atoms with Gasteiger partial charge in [-0.05, 0) is 35.1 Å². The van der Waals surface area contributed by atoms with Crippen LogP contribution in [0.2, 0.25) is 0 Å². The van der Waals surface area contributed by atoms with E-state index in [1.165, 1.54) is 0 Å². The van der Waals surface area contributed by atoms with Crippen molar-refractivity contribution in [1.82, 2.24) is 10.2 Å². The molecule has 0 radical (unpaired) electrons. The summed E-state index contributed by atoms with van der Waals surface area (Å²) >= 11 is 0. The van der Waals surface area contributed by atoms with Crippen LogP contribution < -0.4 is 0 Å². The van der Waals surface area contributed by atoms with Gasteiger partial charge in [-0.1, -0.05) is 41.5 Å². The fourth-order valence-corrected chi connectivity index (χ4v) is 2.28. The molecule has 0 bridgehead atoms. The van der Waals surface area contributed by atoms with Gasteiger partial charge in [-0.3, -0.25) is 4.79 Å². The fourth-order valence-electron chi connectivity index (χ4n) is 2.28. The van der Waals surface area contributed by atoms with Crippen LogP contribution in [-0.4, -0.2) is 21.7 Å². The number of hydrogen-bond donors (Lipinski definition) is 0. The summed E-state index contributed by atoms with van der Waals surface area (Å²) in [5.41, 5.74) is 1.84. The number of hydrogen-bond acceptors (Lipinski definition) is 4. The van der Waals surface area contributed by atoms with Gasteiger partial charge in [0, 0.05) is 17.3 Å². The van der Waals surface area contributed by atoms with E-state index >= 15 is 0 Å². The molecule has 116 valence electrons. The van der Waals surface area contributed by atoms with E-state index in [1.54, 1.807) is 18.3 Å². The Kier molecular flexibility index (Phi) is 4.14. The smallest absolute Gasteiger partial charge is 0.186 e. The van der Waals surface area contributed by atoms with Crippen LogP contribution >= 0.6 is 0 Å². The first-order valence-corrected chi connectivity index (χ1v) is 7.44. The highest BCUT2D eigenvalue weighted by molar-refractivity contribution is 6.23. The molecule has 1 aliphatic carbocycles. The molecular formula is C18H23N3O. The van der Waals surface area contributed by atoms with Gasteiger partial charge in [0.15, 0.2) is 11.6 Å². The summed E-state index contributed by atoms with van der Waals surface area (Å²) in [7, 11) is 0.